The summed E-state index contributed by atoms with van der Waals surface area (Å²) in [5.74, 6) is 0.567. The first kappa shape index (κ1) is 11.0. The van der Waals surface area contributed by atoms with Crippen molar-refractivity contribution in [1.82, 2.24) is 0 Å². The Morgan fingerprint density at radius 1 is 1.44 bits per heavy atom. The highest BCUT2D eigenvalue weighted by atomic mass is 32.3. The Morgan fingerprint density at radius 2 is 2.19 bits per heavy atom. The van der Waals surface area contributed by atoms with Crippen LogP contribution in [0.1, 0.15) is 12.5 Å². The minimum Gasteiger partial charge on any atom is -0.489 e. The van der Waals surface area contributed by atoms with Gasteiger partial charge in [-0.05, 0) is 30.7 Å². The Morgan fingerprint density at radius 3 is 2.88 bits per heavy atom. The fourth-order valence-electron chi connectivity index (χ4n) is 1.49. The Kier molecular flexibility index (Phi) is 2.61. The summed E-state index contributed by atoms with van der Waals surface area (Å²) in [6.45, 7) is 2.37. The van der Waals surface area contributed by atoms with Crippen LogP contribution >= 0.6 is 0 Å². The standard InChI is InChI=1S/C10H10O5S/c1-7-4-5-14-10-6-8(2-3-9(7)10)15-16(11,12)13/h2-4,6H,5H2,1H3,(H,11,12,13). The lowest BCUT2D eigenvalue weighted by Crippen LogP contribution is -2.08. The Hall–Kier alpha value is -1.53. The minimum absolute atomic E-state index is 0.0240. The maximum absolute atomic E-state index is 10.5. The van der Waals surface area contributed by atoms with E-state index in [0.29, 0.717) is 12.4 Å². The maximum atomic E-state index is 10.5. The predicted octanol–water partition coefficient (Wildman–Crippen LogP) is 1.66. The third kappa shape index (κ3) is 2.34. The number of ether oxygens (including phenoxy) is 1. The molecule has 1 aliphatic rings. The number of rotatable bonds is 2. The molecular weight excluding hydrogens is 232 g/mol. The van der Waals surface area contributed by atoms with Gasteiger partial charge in [-0.3, -0.25) is 4.55 Å². The molecule has 0 radical (unpaired) electrons. The largest absolute Gasteiger partial charge is 0.489 e. The number of allylic oxidation sites excluding steroid dienone is 1. The second kappa shape index (κ2) is 3.80. The molecule has 0 amide bonds. The molecule has 0 atom stereocenters. The summed E-state index contributed by atoms with van der Waals surface area (Å²) < 4.78 is 39.2. The van der Waals surface area contributed by atoms with E-state index >= 15 is 0 Å². The molecule has 0 aliphatic carbocycles. The highest BCUT2D eigenvalue weighted by Gasteiger charge is 2.14. The quantitative estimate of drug-likeness (QED) is 0.798. The fourth-order valence-corrected chi connectivity index (χ4v) is 1.83. The van der Waals surface area contributed by atoms with Crippen LogP contribution < -0.4 is 8.92 Å². The van der Waals surface area contributed by atoms with Crippen molar-refractivity contribution in [3.8, 4) is 11.5 Å². The van der Waals surface area contributed by atoms with E-state index < -0.39 is 10.4 Å². The molecular formula is C10H10O5S. The van der Waals surface area contributed by atoms with Crippen LogP contribution in [0, 0.1) is 0 Å². The second-order valence-electron chi connectivity index (χ2n) is 3.37. The molecule has 86 valence electrons. The van der Waals surface area contributed by atoms with Gasteiger partial charge in [-0.2, -0.15) is 8.42 Å². The second-order valence-corrected chi connectivity index (χ2v) is 4.39. The number of benzene rings is 1. The van der Waals surface area contributed by atoms with E-state index in [0.717, 1.165) is 11.1 Å². The summed E-state index contributed by atoms with van der Waals surface area (Å²) >= 11 is 0. The monoisotopic (exact) mass is 242 g/mol. The molecule has 1 N–H and O–H groups in total. The van der Waals surface area contributed by atoms with Crippen LogP contribution in [0.25, 0.3) is 5.57 Å². The lowest BCUT2D eigenvalue weighted by atomic mass is 10.0. The zero-order chi connectivity index (χ0) is 11.8. The summed E-state index contributed by atoms with van der Waals surface area (Å²) in [6.07, 6.45) is 1.92. The number of fused-ring (bicyclic) bond motifs is 1. The van der Waals surface area contributed by atoms with Crippen molar-refractivity contribution in [1.29, 1.82) is 0 Å². The molecule has 5 nitrogen and oxygen atoms in total. The lowest BCUT2D eigenvalue weighted by Gasteiger charge is -2.16. The molecule has 0 saturated heterocycles. The molecule has 0 aromatic heterocycles. The van der Waals surface area contributed by atoms with E-state index in [4.69, 9.17) is 9.29 Å². The topological polar surface area (TPSA) is 72.8 Å². The first-order chi connectivity index (χ1) is 7.46. The van der Waals surface area contributed by atoms with Gasteiger partial charge in [-0.25, -0.2) is 0 Å². The Labute approximate surface area is 93.3 Å². The van der Waals surface area contributed by atoms with Crippen LogP contribution in [0.4, 0.5) is 0 Å². The first-order valence-corrected chi connectivity index (χ1v) is 5.93. The smallest absolute Gasteiger partial charge is 0.446 e. The van der Waals surface area contributed by atoms with Gasteiger partial charge in [0.1, 0.15) is 18.1 Å². The van der Waals surface area contributed by atoms with Gasteiger partial charge in [0.15, 0.2) is 0 Å². The third-order valence-corrected chi connectivity index (χ3v) is 2.61. The van der Waals surface area contributed by atoms with Gasteiger partial charge in [0.05, 0.1) is 0 Å². The average molecular weight is 242 g/mol. The van der Waals surface area contributed by atoms with Gasteiger partial charge in [0.25, 0.3) is 0 Å². The predicted molar refractivity (Wildman–Crippen MR) is 57.8 cm³/mol. The van der Waals surface area contributed by atoms with Gasteiger partial charge in [-0.15, -0.1) is 0 Å². The van der Waals surface area contributed by atoms with Crippen LogP contribution in [-0.4, -0.2) is 19.6 Å². The van der Waals surface area contributed by atoms with Crippen LogP contribution in [-0.2, 0) is 10.4 Å². The van der Waals surface area contributed by atoms with Crippen molar-refractivity contribution in [2.75, 3.05) is 6.61 Å². The summed E-state index contributed by atoms with van der Waals surface area (Å²) in [4.78, 5) is 0. The molecule has 0 saturated carbocycles. The SMILES string of the molecule is CC1=CCOc2cc(OS(=O)(=O)O)ccc21. The maximum Gasteiger partial charge on any atom is 0.446 e. The van der Waals surface area contributed by atoms with Crippen LogP contribution in [0.15, 0.2) is 24.3 Å². The van der Waals surface area contributed by atoms with E-state index in [1.54, 1.807) is 6.07 Å². The summed E-state index contributed by atoms with van der Waals surface area (Å²) in [5, 5.41) is 0. The van der Waals surface area contributed by atoms with E-state index in [-0.39, 0.29) is 5.75 Å². The van der Waals surface area contributed by atoms with Crippen molar-refractivity contribution in [2.45, 2.75) is 6.92 Å². The molecule has 6 heteroatoms. The van der Waals surface area contributed by atoms with E-state index in [1.807, 2.05) is 13.0 Å². The zero-order valence-electron chi connectivity index (χ0n) is 8.50. The van der Waals surface area contributed by atoms with Crippen molar-refractivity contribution < 1.29 is 21.9 Å². The zero-order valence-corrected chi connectivity index (χ0v) is 9.32. The van der Waals surface area contributed by atoms with Crippen LogP contribution in [0.5, 0.6) is 11.5 Å². The van der Waals surface area contributed by atoms with E-state index in [2.05, 4.69) is 4.18 Å². The van der Waals surface area contributed by atoms with Gasteiger partial charge in [-0.1, -0.05) is 0 Å². The molecule has 1 heterocycles. The minimum atomic E-state index is -4.49. The van der Waals surface area contributed by atoms with Gasteiger partial charge < -0.3 is 8.92 Å². The Balaban J connectivity index is 2.37. The molecule has 1 aromatic carbocycles. The lowest BCUT2D eigenvalue weighted by molar-refractivity contribution is 0.353. The molecule has 2 rings (SSSR count). The van der Waals surface area contributed by atoms with Crippen molar-refractivity contribution >= 4 is 16.0 Å². The van der Waals surface area contributed by atoms with Gasteiger partial charge >= 0.3 is 10.4 Å². The van der Waals surface area contributed by atoms with E-state index in [9.17, 15) is 8.42 Å². The summed E-state index contributed by atoms with van der Waals surface area (Å²) in [7, 11) is -4.49. The molecule has 16 heavy (non-hydrogen) atoms. The average Bonchev–Trinajstić information content (AvgIpc) is 2.15. The Bertz CT molecular complexity index is 544. The number of hydrogen-bond acceptors (Lipinski definition) is 4. The van der Waals surface area contributed by atoms with Crippen molar-refractivity contribution in [3.63, 3.8) is 0 Å². The molecule has 0 unspecified atom stereocenters. The molecule has 0 fully saturated rings. The van der Waals surface area contributed by atoms with Crippen LogP contribution in [0.3, 0.4) is 0 Å². The number of hydrogen-bond donors (Lipinski definition) is 1. The molecule has 0 spiro atoms. The normalized spacial score (nSPS) is 14.8. The highest BCUT2D eigenvalue weighted by molar-refractivity contribution is 7.81. The summed E-state index contributed by atoms with van der Waals surface area (Å²) in [5.41, 5.74) is 1.94. The van der Waals surface area contributed by atoms with Crippen molar-refractivity contribution in [3.05, 3.63) is 29.8 Å². The van der Waals surface area contributed by atoms with Gasteiger partial charge in [0, 0.05) is 11.6 Å². The molecule has 1 aromatic rings. The van der Waals surface area contributed by atoms with Crippen LogP contribution in [0.2, 0.25) is 0 Å². The van der Waals surface area contributed by atoms with E-state index in [1.165, 1.54) is 12.1 Å². The van der Waals surface area contributed by atoms with Crippen molar-refractivity contribution in [2.24, 2.45) is 0 Å². The fraction of sp³-hybridized carbons (Fsp3) is 0.200. The molecule has 0 bridgehead atoms. The summed E-state index contributed by atoms with van der Waals surface area (Å²) in [6, 6.07) is 4.57. The third-order valence-electron chi connectivity index (χ3n) is 2.21. The van der Waals surface area contributed by atoms with Gasteiger partial charge in [0.2, 0.25) is 0 Å². The molecule has 1 aliphatic heterocycles. The highest BCUT2D eigenvalue weighted by Crippen LogP contribution is 2.32. The first-order valence-electron chi connectivity index (χ1n) is 4.56.